The Labute approximate surface area is 68.4 Å². The van der Waals surface area contributed by atoms with Crippen molar-refractivity contribution in [3.63, 3.8) is 0 Å². The van der Waals surface area contributed by atoms with Gasteiger partial charge in [-0.05, 0) is 12.3 Å². The molecular weight excluding hydrogens is 140 g/mol. The molecule has 0 unspecified atom stereocenters. The highest BCUT2D eigenvalue weighted by Crippen LogP contribution is 2.12. The molecule has 66 valence electrons. The summed E-state index contributed by atoms with van der Waals surface area (Å²) < 4.78 is 5.13. The second-order valence-electron chi connectivity index (χ2n) is 4.00. The van der Waals surface area contributed by atoms with Gasteiger partial charge in [-0.25, -0.2) is 0 Å². The maximum Gasteiger partial charge on any atom is 0.197 e. The zero-order valence-corrected chi connectivity index (χ0v) is 7.77. The summed E-state index contributed by atoms with van der Waals surface area (Å²) in [5.41, 5.74) is 5.51. The third kappa shape index (κ3) is 5.85. The first-order chi connectivity index (χ1) is 4.83. The van der Waals surface area contributed by atoms with Gasteiger partial charge in [0.25, 0.3) is 0 Å². The Balaban J connectivity index is 3.64. The second kappa shape index (κ2) is 3.72. The Bertz CT molecular complexity index is 136. The summed E-state index contributed by atoms with van der Waals surface area (Å²) in [4.78, 5) is 0. The lowest BCUT2D eigenvalue weighted by Crippen LogP contribution is -2.30. The van der Waals surface area contributed by atoms with E-state index in [0.29, 0.717) is 6.61 Å². The molecule has 3 N–H and O–H groups in total. The predicted octanol–water partition coefficient (Wildman–Crippen LogP) is 1.37. The summed E-state index contributed by atoms with van der Waals surface area (Å²) in [7, 11) is 0. The van der Waals surface area contributed by atoms with Gasteiger partial charge in [-0.1, -0.05) is 20.8 Å². The molecule has 0 aromatic rings. The van der Waals surface area contributed by atoms with E-state index >= 15 is 0 Å². The van der Waals surface area contributed by atoms with E-state index in [2.05, 4.69) is 20.8 Å². The van der Waals surface area contributed by atoms with Crippen LogP contribution < -0.4 is 5.73 Å². The van der Waals surface area contributed by atoms with Crippen molar-refractivity contribution in [3.8, 4) is 0 Å². The second-order valence-corrected chi connectivity index (χ2v) is 4.00. The minimum absolute atomic E-state index is 0.0984. The first kappa shape index (κ1) is 10.4. The molecule has 0 spiro atoms. The average Bonchev–Trinajstić information content (AvgIpc) is 1.80. The van der Waals surface area contributed by atoms with Gasteiger partial charge in [0.1, 0.15) is 0 Å². The van der Waals surface area contributed by atoms with Gasteiger partial charge in [0.15, 0.2) is 5.90 Å². The molecule has 0 rings (SSSR count). The molecule has 0 saturated carbocycles. The van der Waals surface area contributed by atoms with Crippen LogP contribution in [0.3, 0.4) is 0 Å². The van der Waals surface area contributed by atoms with E-state index in [1.807, 2.05) is 0 Å². The van der Waals surface area contributed by atoms with Crippen LogP contribution in [-0.2, 0) is 4.74 Å². The highest BCUT2D eigenvalue weighted by atomic mass is 16.5. The Hall–Kier alpha value is -0.570. The molecule has 0 aliphatic heterocycles. The summed E-state index contributed by atoms with van der Waals surface area (Å²) in [6.07, 6.45) is 0. The Morgan fingerprint density at radius 1 is 1.55 bits per heavy atom. The van der Waals surface area contributed by atoms with E-state index in [4.69, 9.17) is 15.9 Å². The van der Waals surface area contributed by atoms with Gasteiger partial charge in [0, 0.05) is 0 Å². The number of hydrogen-bond acceptors (Lipinski definition) is 3. The molecule has 0 bridgehead atoms. The quantitative estimate of drug-likeness (QED) is 0.471. The molecule has 1 atom stereocenters. The van der Waals surface area contributed by atoms with Crippen LogP contribution in [0.25, 0.3) is 0 Å². The molecule has 0 saturated heterocycles. The monoisotopic (exact) mass is 158 g/mol. The van der Waals surface area contributed by atoms with Crippen molar-refractivity contribution >= 4 is 5.90 Å². The maximum absolute atomic E-state index is 7.28. The molecule has 3 nitrogen and oxygen atoms in total. The summed E-state index contributed by atoms with van der Waals surface area (Å²) in [5.74, 6) is 0.167. The van der Waals surface area contributed by atoms with Crippen molar-refractivity contribution in [2.24, 2.45) is 11.1 Å². The highest BCUT2D eigenvalue weighted by Gasteiger charge is 2.13. The third-order valence-electron chi connectivity index (χ3n) is 1.07. The smallest absolute Gasteiger partial charge is 0.197 e. The number of nitrogens with two attached hydrogens (primary N) is 1. The van der Waals surface area contributed by atoms with Crippen LogP contribution in [0, 0.1) is 10.8 Å². The fourth-order valence-electron chi connectivity index (χ4n) is 0.426. The van der Waals surface area contributed by atoms with Crippen molar-refractivity contribution < 1.29 is 4.74 Å². The SMILES string of the molecule is C[C@H](N)C(=N)OCC(C)(C)C. The van der Waals surface area contributed by atoms with Crippen LogP contribution in [0.5, 0.6) is 0 Å². The molecule has 0 fully saturated rings. The van der Waals surface area contributed by atoms with Crippen LogP contribution in [-0.4, -0.2) is 18.5 Å². The van der Waals surface area contributed by atoms with Crippen LogP contribution in [0.15, 0.2) is 0 Å². The van der Waals surface area contributed by atoms with Crippen molar-refractivity contribution in [1.82, 2.24) is 0 Å². The van der Waals surface area contributed by atoms with Gasteiger partial charge >= 0.3 is 0 Å². The van der Waals surface area contributed by atoms with E-state index in [1.165, 1.54) is 0 Å². The van der Waals surface area contributed by atoms with Gasteiger partial charge in [0.05, 0.1) is 12.6 Å². The average molecular weight is 158 g/mol. The highest BCUT2D eigenvalue weighted by molar-refractivity contribution is 5.77. The lowest BCUT2D eigenvalue weighted by atomic mass is 9.99. The fourth-order valence-corrected chi connectivity index (χ4v) is 0.426. The zero-order valence-electron chi connectivity index (χ0n) is 7.77. The van der Waals surface area contributed by atoms with E-state index in [1.54, 1.807) is 6.92 Å². The lowest BCUT2D eigenvalue weighted by Gasteiger charge is -2.19. The number of hydrogen-bond donors (Lipinski definition) is 2. The largest absolute Gasteiger partial charge is 0.479 e. The van der Waals surface area contributed by atoms with Gasteiger partial charge in [-0.15, -0.1) is 0 Å². The summed E-state index contributed by atoms with van der Waals surface area (Å²) in [5, 5.41) is 7.28. The maximum atomic E-state index is 7.28. The summed E-state index contributed by atoms with van der Waals surface area (Å²) >= 11 is 0. The molecule has 0 heterocycles. The molecule has 0 aromatic heterocycles. The molecule has 0 aromatic carbocycles. The predicted molar refractivity (Wildman–Crippen MR) is 46.8 cm³/mol. The fraction of sp³-hybridized carbons (Fsp3) is 0.875. The van der Waals surface area contributed by atoms with Crippen LogP contribution >= 0.6 is 0 Å². The van der Waals surface area contributed by atoms with Crippen LogP contribution in [0.2, 0.25) is 0 Å². The van der Waals surface area contributed by atoms with Crippen molar-refractivity contribution in [2.75, 3.05) is 6.61 Å². The Kier molecular flexibility index (Phi) is 3.52. The zero-order chi connectivity index (χ0) is 9.07. The normalized spacial score (nSPS) is 14.3. The third-order valence-corrected chi connectivity index (χ3v) is 1.07. The minimum atomic E-state index is -0.294. The molecule has 11 heavy (non-hydrogen) atoms. The van der Waals surface area contributed by atoms with Gasteiger partial charge < -0.3 is 10.5 Å². The van der Waals surface area contributed by atoms with Gasteiger partial charge in [-0.2, -0.15) is 0 Å². The topological polar surface area (TPSA) is 59.1 Å². The molecular formula is C8H18N2O. The minimum Gasteiger partial charge on any atom is -0.479 e. The summed E-state index contributed by atoms with van der Waals surface area (Å²) in [6, 6.07) is -0.294. The van der Waals surface area contributed by atoms with E-state index in [9.17, 15) is 0 Å². The van der Waals surface area contributed by atoms with E-state index < -0.39 is 0 Å². The molecule has 0 radical (unpaired) electrons. The molecule has 0 aliphatic rings. The van der Waals surface area contributed by atoms with E-state index in [0.717, 1.165) is 0 Å². The Morgan fingerprint density at radius 2 is 2.00 bits per heavy atom. The van der Waals surface area contributed by atoms with Crippen LogP contribution in [0.4, 0.5) is 0 Å². The number of rotatable bonds is 2. The van der Waals surface area contributed by atoms with Crippen molar-refractivity contribution in [1.29, 1.82) is 5.41 Å². The number of ether oxygens (including phenoxy) is 1. The van der Waals surface area contributed by atoms with Crippen molar-refractivity contribution in [2.45, 2.75) is 33.7 Å². The van der Waals surface area contributed by atoms with Gasteiger partial charge in [0.2, 0.25) is 0 Å². The standard InChI is InChI=1S/C8H18N2O/c1-6(9)7(10)11-5-8(2,3)4/h6,10H,5,9H2,1-4H3/t6-/m0/s1. The first-order valence-corrected chi connectivity index (χ1v) is 3.80. The van der Waals surface area contributed by atoms with Crippen LogP contribution in [0.1, 0.15) is 27.7 Å². The number of nitrogens with one attached hydrogen (secondary N) is 1. The molecule has 0 aliphatic carbocycles. The lowest BCUT2D eigenvalue weighted by molar-refractivity contribution is 0.179. The van der Waals surface area contributed by atoms with E-state index in [-0.39, 0.29) is 17.4 Å². The van der Waals surface area contributed by atoms with Crippen molar-refractivity contribution in [3.05, 3.63) is 0 Å². The van der Waals surface area contributed by atoms with Gasteiger partial charge in [-0.3, -0.25) is 5.41 Å². The Morgan fingerprint density at radius 3 is 2.27 bits per heavy atom. The first-order valence-electron chi connectivity index (χ1n) is 3.80. The summed E-state index contributed by atoms with van der Waals surface area (Å²) in [6.45, 7) is 8.46. The molecule has 0 amide bonds. The molecule has 3 heteroatoms.